The molecule has 3 unspecified atom stereocenters. The van der Waals surface area contributed by atoms with Crippen molar-refractivity contribution in [3.8, 4) is 0 Å². The molecule has 5 atom stereocenters. The van der Waals surface area contributed by atoms with Crippen molar-refractivity contribution in [2.24, 2.45) is 4.99 Å². The molecular formula is C13H17N2O5Se. The van der Waals surface area contributed by atoms with Crippen LogP contribution in [0.5, 0.6) is 0 Å². The Morgan fingerprint density at radius 3 is 2.43 bits per heavy atom. The summed E-state index contributed by atoms with van der Waals surface area (Å²) in [6.07, 6.45) is -6.27. The van der Waals surface area contributed by atoms with Crippen molar-refractivity contribution in [2.45, 2.75) is 30.6 Å². The minimum absolute atomic E-state index is 0.352. The Morgan fingerprint density at radius 2 is 1.81 bits per heavy atom. The normalized spacial score (nSPS) is 33.7. The first-order valence-electron chi connectivity index (χ1n) is 6.40. The van der Waals surface area contributed by atoms with Crippen LogP contribution in [0.3, 0.4) is 0 Å². The molecule has 0 spiro atoms. The van der Waals surface area contributed by atoms with E-state index in [9.17, 15) is 15.3 Å². The summed E-state index contributed by atoms with van der Waals surface area (Å²) < 4.78 is 5.63. The van der Waals surface area contributed by atoms with Crippen LogP contribution in [0.2, 0.25) is 0 Å². The standard InChI is InChI=1S/C13H17N2O5Se/c16-6-8-9(17)10(18)11(19)12(20-8)15-13(21)14-7-4-2-1-3-5-7/h1-5,8-12,16-19H,6H2,(H,14,15)/t8?,9-,10?,11?,12-/m1/s1. The molecule has 0 amide bonds. The molecule has 21 heavy (non-hydrogen) atoms. The number of aliphatic imine (C=N–C) groups is 1. The number of aliphatic hydroxyl groups excluding tert-OH is 4. The molecule has 115 valence electrons. The molecule has 1 fully saturated rings. The average Bonchev–Trinajstić information content (AvgIpc) is 2.49. The average molecular weight is 360 g/mol. The van der Waals surface area contributed by atoms with E-state index in [1.165, 1.54) is 0 Å². The van der Waals surface area contributed by atoms with Crippen molar-refractivity contribution in [1.29, 1.82) is 0 Å². The van der Waals surface area contributed by atoms with Gasteiger partial charge in [0.15, 0.2) is 0 Å². The molecule has 1 aliphatic rings. The number of hydrogen-bond donors (Lipinski definition) is 5. The monoisotopic (exact) mass is 361 g/mol. The van der Waals surface area contributed by atoms with Gasteiger partial charge in [-0.15, -0.1) is 0 Å². The molecule has 8 heteroatoms. The van der Waals surface area contributed by atoms with Gasteiger partial charge in [0.25, 0.3) is 0 Å². The van der Waals surface area contributed by atoms with Crippen LogP contribution >= 0.6 is 0 Å². The molecule has 5 N–H and O–H groups in total. The molecular weight excluding hydrogens is 343 g/mol. The number of benzene rings is 1. The van der Waals surface area contributed by atoms with Crippen molar-refractivity contribution in [3.05, 3.63) is 30.3 Å². The van der Waals surface area contributed by atoms with Crippen molar-refractivity contribution in [2.75, 3.05) is 11.9 Å². The molecule has 1 radical (unpaired) electrons. The van der Waals surface area contributed by atoms with Crippen LogP contribution in [0.4, 0.5) is 5.69 Å². The van der Waals surface area contributed by atoms with Crippen LogP contribution in [0, 0.1) is 0 Å². The van der Waals surface area contributed by atoms with E-state index in [1.807, 2.05) is 30.3 Å². The summed E-state index contributed by atoms with van der Waals surface area (Å²) in [6, 6.07) is 9.24. The third-order valence-electron chi connectivity index (χ3n) is 3.14. The van der Waals surface area contributed by atoms with E-state index < -0.39 is 37.3 Å². The Balaban J connectivity index is 2.07. The predicted octanol–water partition coefficient (Wildman–Crippen LogP) is -1.58. The molecule has 2 rings (SSSR count). The second kappa shape index (κ2) is 7.33. The summed E-state index contributed by atoms with van der Waals surface area (Å²) in [4.78, 5) is 4.09. The maximum absolute atomic E-state index is 9.87. The van der Waals surface area contributed by atoms with Crippen molar-refractivity contribution in [3.63, 3.8) is 0 Å². The molecule has 7 nitrogen and oxygen atoms in total. The zero-order valence-electron chi connectivity index (χ0n) is 11.0. The third kappa shape index (κ3) is 4.02. The molecule has 0 aliphatic carbocycles. The van der Waals surface area contributed by atoms with E-state index in [0.29, 0.717) is 4.73 Å². The van der Waals surface area contributed by atoms with Gasteiger partial charge in [-0.1, -0.05) is 0 Å². The maximum atomic E-state index is 9.87. The Morgan fingerprint density at radius 1 is 1.14 bits per heavy atom. The summed E-state index contributed by atoms with van der Waals surface area (Å²) in [6.45, 7) is -0.480. The number of anilines is 1. The summed E-state index contributed by atoms with van der Waals surface area (Å²) in [5, 5.41) is 41.3. The van der Waals surface area contributed by atoms with Crippen LogP contribution in [0.15, 0.2) is 35.3 Å². The minimum atomic E-state index is -1.44. The first-order valence-corrected chi connectivity index (χ1v) is 7.26. The number of para-hydroxylation sites is 1. The van der Waals surface area contributed by atoms with Crippen molar-refractivity contribution in [1.82, 2.24) is 0 Å². The number of rotatable bonds is 3. The van der Waals surface area contributed by atoms with E-state index in [4.69, 9.17) is 9.84 Å². The van der Waals surface area contributed by atoms with Gasteiger partial charge in [0.2, 0.25) is 0 Å². The molecule has 1 aromatic rings. The Hall–Kier alpha value is -0.991. The van der Waals surface area contributed by atoms with Gasteiger partial charge in [-0.25, -0.2) is 0 Å². The quantitative estimate of drug-likeness (QED) is 0.253. The van der Waals surface area contributed by atoms with Gasteiger partial charge in [-0.3, -0.25) is 0 Å². The summed E-state index contributed by atoms with van der Waals surface area (Å²) in [5.74, 6) is 0. The molecule has 0 bridgehead atoms. The van der Waals surface area contributed by atoms with Gasteiger partial charge in [0.05, 0.1) is 0 Å². The second-order valence-electron chi connectivity index (χ2n) is 4.64. The molecule has 1 aliphatic heterocycles. The summed E-state index contributed by atoms with van der Waals surface area (Å²) in [5.41, 5.74) is 0.791. The molecule has 0 saturated carbocycles. The van der Waals surface area contributed by atoms with Crippen molar-refractivity contribution >= 4 is 26.4 Å². The van der Waals surface area contributed by atoms with E-state index >= 15 is 0 Å². The van der Waals surface area contributed by atoms with Gasteiger partial charge in [-0.05, 0) is 0 Å². The number of nitrogens with one attached hydrogen (secondary N) is 1. The number of hydrogen-bond acceptors (Lipinski definition) is 6. The van der Waals surface area contributed by atoms with E-state index in [1.54, 1.807) is 0 Å². The zero-order chi connectivity index (χ0) is 15.4. The van der Waals surface area contributed by atoms with E-state index in [0.717, 1.165) is 5.69 Å². The van der Waals surface area contributed by atoms with Crippen LogP contribution in [-0.2, 0) is 4.74 Å². The fourth-order valence-electron chi connectivity index (χ4n) is 1.98. The fraction of sp³-hybridized carbons (Fsp3) is 0.462. The number of amidine groups is 1. The van der Waals surface area contributed by atoms with Gasteiger partial charge in [0, 0.05) is 0 Å². The zero-order valence-corrected chi connectivity index (χ0v) is 12.7. The second-order valence-corrected chi connectivity index (χ2v) is 5.46. The number of nitrogens with zero attached hydrogens (tertiary/aromatic N) is 1. The Labute approximate surface area is 130 Å². The molecule has 1 aromatic carbocycles. The van der Waals surface area contributed by atoms with E-state index in [-0.39, 0.29) is 0 Å². The molecule has 1 heterocycles. The van der Waals surface area contributed by atoms with E-state index in [2.05, 4.69) is 26.3 Å². The molecule has 1 saturated heterocycles. The Bertz CT molecular complexity index is 485. The topological polar surface area (TPSA) is 115 Å². The number of ether oxygens (including phenoxy) is 1. The fourth-order valence-corrected chi connectivity index (χ4v) is 2.45. The third-order valence-corrected chi connectivity index (χ3v) is 3.57. The first kappa shape index (κ1) is 16.4. The van der Waals surface area contributed by atoms with Gasteiger partial charge in [0.1, 0.15) is 0 Å². The van der Waals surface area contributed by atoms with Gasteiger partial charge < -0.3 is 0 Å². The van der Waals surface area contributed by atoms with Gasteiger partial charge in [-0.2, -0.15) is 0 Å². The van der Waals surface area contributed by atoms with Crippen molar-refractivity contribution < 1.29 is 25.2 Å². The molecule has 0 aromatic heterocycles. The van der Waals surface area contributed by atoms with Crippen LogP contribution in [0.1, 0.15) is 0 Å². The Kier molecular flexibility index (Phi) is 5.72. The van der Waals surface area contributed by atoms with Crippen LogP contribution in [-0.4, -0.2) is 78.4 Å². The van der Waals surface area contributed by atoms with Crippen LogP contribution < -0.4 is 5.32 Å². The summed E-state index contributed by atoms with van der Waals surface area (Å²) >= 11 is 2.69. The van der Waals surface area contributed by atoms with Crippen LogP contribution in [0.25, 0.3) is 0 Å². The number of aliphatic hydroxyl groups is 4. The van der Waals surface area contributed by atoms with Gasteiger partial charge >= 0.3 is 129 Å². The SMILES string of the molecule is OCC1O[C@@H](/N=C(\[Se])Nc2ccccc2)C(O)C(O)[C@@H]1O. The first-order chi connectivity index (χ1) is 10.0. The summed E-state index contributed by atoms with van der Waals surface area (Å²) in [7, 11) is 0. The predicted molar refractivity (Wildman–Crippen MR) is 77.0 cm³/mol.